The summed E-state index contributed by atoms with van der Waals surface area (Å²) in [6.07, 6.45) is 4.06. The van der Waals surface area contributed by atoms with E-state index in [1.54, 1.807) is 11.3 Å². The molecule has 1 aromatic heterocycles. The van der Waals surface area contributed by atoms with Gasteiger partial charge in [-0.3, -0.25) is 0 Å². The Kier molecular flexibility index (Phi) is 9.58. The van der Waals surface area contributed by atoms with Gasteiger partial charge in [-0.2, -0.15) is 11.3 Å². The molecule has 0 saturated heterocycles. The van der Waals surface area contributed by atoms with Crippen LogP contribution in [0.15, 0.2) is 16.8 Å². The monoisotopic (exact) mass is 236 g/mol. The summed E-state index contributed by atoms with van der Waals surface area (Å²) in [7, 11) is 0. The Morgan fingerprint density at radius 2 is 2.14 bits per heavy atom. The van der Waals surface area contributed by atoms with Crippen LogP contribution >= 0.6 is 11.3 Å². The minimum Gasteiger partial charge on any atom is -0.550 e. The summed E-state index contributed by atoms with van der Waals surface area (Å²) in [6.45, 7) is 0. The van der Waals surface area contributed by atoms with Crippen LogP contribution in [0.25, 0.3) is 0 Å². The fraction of sp³-hybridized carbons (Fsp3) is 0.500. The van der Waals surface area contributed by atoms with Gasteiger partial charge in [0.1, 0.15) is 0 Å². The average Bonchev–Trinajstić information content (AvgIpc) is 2.55. The van der Waals surface area contributed by atoms with Gasteiger partial charge in [-0.1, -0.05) is 6.42 Å². The molecule has 0 N–H and O–H groups in total. The van der Waals surface area contributed by atoms with E-state index in [2.05, 4.69) is 16.8 Å². The zero-order valence-corrected chi connectivity index (χ0v) is 12.4. The van der Waals surface area contributed by atoms with E-state index in [0.29, 0.717) is 0 Å². The third-order valence-electron chi connectivity index (χ3n) is 1.93. The SMILES string of the molecule is O=C([O-])CCCCCc1ccsc1.[K+]. The van der Waals surface area contributed by atoms with E-state index in [9.17, 15) is 9.90 Å². The summed E-state index contributed by atoms with van der Waals surface area (Å²) < 4.78 is 0. The molecule has 0 amide bonds. The van der Waals surface area contributed by atoms with Crippen LogP contribution in [0.3, 0.4) is 0 Å². The van der Waals surface area contributed by atoms with Gasteiger partial charge in [0.15, 0.2) is 0 Å². The van der Waals surface area contributed by atoms with Crippen LogP contribution in [-0.2, 0) is 11.2 Å². The predicted molar refractivity (Wildman–Crippen MR) is 51.5 cm³/mol. The molecule has 0 aliphatic heterocycles. The maximum Gasteiger partial charge on any atom is 1.00 e. The van der Waals surface area contributed by atoms with Gasteiger partial charge < -0.3 is 9.90 Å². The normalized spacial score (nSPS) is 9.43. The number of aliphatic carboxylic acids is 1. The van der Waals surface area contributed by atoms with Crippen molar-refractivity contribution in [3.05, 3.63) is 22.4 Å². The molecule has 0 spiro atoms. The molecule has 0 bridgehead atoms. The van der Waals surface area contributed by atoms with Crippen molar-refractivity contribution in [1.29, 1.82) is 0 Å². The van der Waals surface area contributed by atoms with E-state index < -0.39 is 5.97 Å². The largest absolute Gasteiger partial charge is 1.00 e. The van der Waals surface area contributed by atoms with Crippen LogP contribution in [0.4, 0.5) is 0 Å². The smallest absolute Gasteiger partial charge is 0.550 e. The van der Waals surface area contributed by atoms with Crippen molar-refractivity contribution in [2.24, 2.45) is 0 Å². The fourth-order valence-electron chi connectivity index (χ4n) is 1.21. The number of rotatable bonds is 6. The molecule has 0 aliphatic rings. The van der Waals surface area contributed by atoms with Crippen molar-refractivity contribution in [3.63, 3.8) is 0 Å². The van der Waals surface area contributed by atoms with Crippen molar-refractivity contribution in [1.82, 2.24) is 0 Å². The Morgan fingerprint density at radius 1 is 1.36 bits per heavy atom. The first kappa shape index (κ1) is 14.8. The van der Waals surface area contributed by atoms with Crippen molar-refractivity contribution in [2.75, 3.05) is 0 Å². The summed E-state index contributed by atoms with van der Waals surface area (Å²) in [5.41, 5.74) is 1.36. The molecule has 0 aliphatic carbocycles. The van der Waals surface area contributed by atoms with E-state index >= 15 is 0 Å². The molecule has 0 aromatic carbocycles. The number of hydrogen-bond acceptors (Lipinski definition) is 3. The Bertz CT molecular complexity index is 247. The molecule has 4 heteroatoms. The molecule has 14 heavy (non-hydrogen) atoms. The molecule has 1 rings (SSSR count). The minimum atomic E-state index is -0.935. The van der Waals surface area contributed by atoms with Gasteiger partial charge in [-0.05, 0) is 48.1 Å². The summed E-state index contributed by atoms with van der Waals surface area (Å²) in [4.78, 5) is 10.1. The predicted octanol–water partition coefficient (Wildman–Crippen LogP) is -1.40. The second-order valence-electron chi connectivity index (χ2n) is 3.06. The van der Waals surface area contributed by atoms with Gasteiger partial charge in [-0.15, -0.1) is 0 Å². The Hall–Kier alpha value is 0.806. The third kappa shape index (κ3) is 7.14. The van der Waals surface area contributed by atoms with Crippen molar-refractivity contribution in [2.45, 2.75) is 32.1 Å². The van der Waals surface area contributed by atoms with Gasteiger partial charge in [-0.25, -0.2) is 0 Å². The zero-order chi connectivity index (χ0) is 9.52. The average molecular weight is 236 g/mol. The van der Waals surface area contributed by atoms with Gasteiger partial charge >= 0.3 is 51.4 Å². The standard InChI is InChI=1S/C10H14O2S.K/c11-10(12)5-3-1-2-4-9-6-7-13-8-9;/h6-8H,1-5H2,(H,11,12);/q;+1/p-1. The second-order valence-corrected chi connectivity index (χ2v) is 3.84. The maximum absolute atomic E-state index is 10.1. The maximum atomic E-state index is 10.1. The first-order valence-corrected chi connectivity index (χ1v) is 5.44. The number of thiophene rings is 1. The third-order valence-corrected chi connectivity index (χ3v) is 2.66. The molecule has 1 aromatic rings. The molecule has 72 valence electrons. The van der Waals surface area contributed by atoms with Gasteiger partial charge in [0, 0.05) is 5.97 Å². The topological polar surface area (TPSA) is 40.1 Å². The number of carbonyl (C=O) groups is 1. The Labute approximate surface area is 131 Å². The Morgan fingerprint density at radius 3 is 2.71 bits per heavy atom. The van der Waals surface area contributed by atoms with E-state index in [4.69, 9.17) is 0 Å². The molecule has 2 nitrogen and oxygen atoms in total. The molecule has 0 saturated carbocycles. The summed E-state index contributed by atoms with van der Waals surface area (Å²) in [5.74, 6) is -0.935. The molecule has 0 fully saturated rings. The molecule has 0 unspecified atom stereocenters. The minimum absolute atomic E-state index is 0. The molecule has 0 atom stereocenters. The van der Waals surface area contributed by atoms with Crippen LogP contribution in [0.2, 0.25) is 0 Å². The number of hydrogen-bond donors (Lipinski definition) is 0. The van der Waals surface area contributed by atoms with E-state index in [0.717, 1.165) is 25.7 Å². The van der Waals surface area contributed by atoms with Gasteiger partial charge in [0.25, 0.3) is 0 Å². The van der Waals surface area contributed by atoms with E-state index in [1.807, 2.05) is 0 Å². The number of carbonyl (C=O) groups excluding carboxylic acids is 1. The van der Waals surface area contributed by atoms with E-state index in [-0.39, 0.29) is 57.8 Å². The fourth-order valence-corrected chi connectivity index (χ4v) is 1.91. The number of unbranched alkanes of at least 4 members (excludes halogenated alkanes) is 2. The van der Waals surface area contributed by atoms with Crippen LogP contribution in [0, 0.1) is 0 Å². The van der Waals surface area contributed by atoms with Crippen molar-refractivity contribution < 1.29 is 61.3 Å². The first-order chi connectivity index (χ1) is 6.29. The van der Waals surface area contributed by atoms with Crippen molar-refractivity contribution >= 4 is 17.3 Å². The number of aryl methyl sites for hydroxylation is 1. The number of carboxylic acid groups (broad SMARTS) is 1. The second kappa shape index (κ2) is 9.06. The van der Waals surface area contributed by atoms with Gasteiger partial charge in [0.05, 0.1) is 0 Å². The number of carboxylic acids is 1. The molecular formula is C10H13KO2S. The van der Waals surface area contributed by atoms with Crippen LogP contribution < -0.4 is 56.5 Å². The van der Waals surface area contributed by atoms with Crippen molar-refractivity contribution in [3.8, 4) is 0 Å². The summed E-state index contributed by atoms with van der Waals surface area (Å²) in [6, 6.07) is 2.11. The van der Waals surface area contributed by atoms with Crippen LogP contribution in [-0.4, -0.2) is 5.97 Å². The summed E-state index contributed by atoms with van der Waals surface area (Å²) >= 11 is 1.70. The van der Waals surface area contributed by atoms with Crippen LogP contribution in [0.5, 0.6) is 0 Å². The summed E-state index contributed by atoms with van der Waals surface area (Å²) in [5, 5.41) is 14.3. The van der Waals surface area contributed by atoms with Crippen LogP contribution in [0.1, 0.15) is 31.2 Å². The Balaban J connectivity index is 0.00000169. The zero-order valence-electron chi connectivity index (χ0n) is 8.49. The molecular weight excluding hydrogens is 223 g/mol. The molecule has 1 heterocycles. The molecule has 0 radical (unpaired) electrons. The van der Waals surface area contributed by atoms with E-state index in [1.165, 1.54) is 5.56 Å². The van der Waals surface area contributed by atoms with Gasteiger partial charge in [0.2, 0.25) is 0 Å². The quantitative estimate of drug-likeness (QED) is 0.450. The first-order valence-electron chi connectivity index (χ1n) is 4.50.